The highest BCUT2D eigenvalue weighted by Gasteiger charge is 2.33. The number of ether oxygens (including phenoxy) is 2. The number of nitrogens with one attached hydrogen (secondary N) is 1. The SMILES string of the molecule is CC(=O)c1oc2ccccc2c1NC(=O)C(C)N1CCC(C2OCCO2)CC1. The molecule has 0 bridgehead atoms. The third kappa shape index (κ3) is 3.70. The van der Waals surface area contributed by atoms with Gasteiger partial charge in [0, 0.05) is 18.2 Å². The van der Waals surface area contributed by atoms with E-state index < -0.39 is 0 Å². The van der Waals surface area contributed by atoms with Crippen molar-refractivity contribution in [3.8, 4) is 0 Å². The number of anilines is 1. The van der Waals surface area contributed by atoms with E-state index in [1.54, 1.807) is 6.07 Å². The van der Waals surface area contributed by atoms with Crippen molar-refractivity contribution in [3.63, 3.8) is 0 Å². The Hall–Kier alpha value is -2.22. The summed E-state index contributed by atoms with van der Waals surface area (Å²) in [7, 11) is 0. The molecule has 0 spiro atoms. The van der Waals surface area contributed by atoms with Crippen LogP contribution in [0.5, 0.6) is 0 Å². The summed E-state index contributed by atoms with van der Waals surface area (Å²) in [4.78, 5) is 27.0. The van der Waals surface area contributed by atoms with Crippen LogP contribution in [-0.4, -0.2) is 55.2 Å². The number of Topliss-reactive ketones (excluding diaryl/α,β-unsaturated/α-hetero) is 1. The van der Waals surface area contributed by atoms with Crippen LogP contribution >= 0.6 is 0 Å². The van der Waals surface area contributed by atoms with Crippen molar-refractivity contribution in [2.45, 2.75) is 39.0 Å². The molecular weight excluding hydrogens is 360 g/mol. The van der Waals surface area contributed by atoms with Crippen LogP contribution in [0.4, 0.5) is 5.69 Å². The van der Waals surface area contributed by atoms with Gasteiger partial charge in [-0.2, -0.15) is 0 Å². The van der Waals surface area contributed by atoms with Crippen LogP contribution in [0.3, 0.4) is 0 Å². The van der Waals surface area contributed by atoms with Gasteiger partial charge in [0.2, 0.25) is 5.91 Å². The predicted octanol–water partition coefficient (Wildman–Crippen LogP) is 3.05. The van der Waals surface area contributed by atoms with Gasteiger partial charge in [-0.1, -0.05) is 12.1 Å². The Bertz CT molecular complexity index is 863. The molecule has 0 aliphatic carbocycles. The fourth-order valence-corrected chi connectivity index (χ4v) is 4.04. The highest BCUT2D eigenvalue weighted by molar-refractivity contribution is 6.11. The van der Waals surface area contributed by atoms with Crippen molar-refractivity contribution in [2.75, 3.05) is 31.6 Å². The minimum absolute atomic E-state index is 0.0956. The molecule has 2 aromatic rings. The molecule has 1 N–H and O–H groups in total. The van der Waals surface area contributed by atoms with E-state index in [4.69, 9.17) is 13.9 Å². The summed E-state index contributed by atoms with van der Waals surface area (Å²) in [6, 6.07) is 7.03. The number of furan rings is 1. The van der Waals surface area contributed by atoms with Gasteiger partial charge in [-0.05, 0) is 45.0 Å². The minimum Gasteiger partial charge on any atom is -0.451 e. The number of piperidine rings is 1. The predicted molar refractivity (Wildman–Crippen MR) is 104 cm³/mol. The van der Waals surface area contributed by atoms with Crippen molar-refractivity contribution in [2.24, 2.45) is 5.92 Å². The quantitative estimate of drug-likeness (QED) is 0.796. The Balaban J connectivity index is 1.43. The van der Waals surface area contributed by atoms with E-state index in [1.165, 1.54) is 6.92 Å². The van der Waals surface area contributed by atoms with Crippen molar-refractivity contribution in [1.29, 1.82) is 0 Å². The van der Waals surface area contributed by atoms with E-state index in [0.29, 0.717) is 30.4 Å². The average molecular weight is 386 g/mol. The summed E-state index contributed by atoms with van der Waals surface area (Å²) in [5.74, 6) is 0.226. The number of ketones is 1. The van der Waals surface area contributed by atoms with Crippen molar-refractivity contribution >= 4 is 28.3 Å². The van der Waals surface area contributed by atoms with Gasteiger partial charge in [0.25, 0.3) is 0 Å². The molecule has 28 heavy (non-hydrogen) atoms. The number of rotatable bonds is 5. The number of hydrogen-bond donors (Lipinski definition) is 1. The zero-order valence-corrected chi connectivity index (χ0v) is 16.3. The lowest BCUT2D eigenvalue weighted by Crippen LogP contribution is -2.47. The Kier molecular flexibility index (Phi) is 5.48. The third-order valence-corrected chi connectivity index (χ3v) is 5.70. The summed E-state index contributed by atoms with van der Waals surface area (Å²) < 4.78 is 16.9. The monoisotopic (exact) mass is 386 g/mol. The van der Waals surface area contributed by atoms with Gasteiger partial charge < -0.3 is 19.2 Å². The van der Waals surface area contributed by atoms with Gasteiger partial charge in [0.15, 0.2) is 17.8 Å². The van der Waals surface area contributed by atoms with Crippen LogP contribution in [0.2, 0.25) is 0 Å². The van der Waals surface area contributed by atoms with E-state index in [-0.39, 0.29) is 29.8 Å². The molecule has 1 amide bonds. The first-order valence-corrected chi connectivity index (χ1v) is 9.85. The molecule has 0 radical (unpaired) electrons. The van der Waals surface area contributed by atoms with Crippen LogP contribution < -0.4 is 5.32 Å². The van der Waals surface area contributed by atoms with Crippen LogP contribution in [0.25, 0.3) is 11.0 Å². The maximum atomic E-state index is 12.9. The van der Waals surface area contributed by atoms with E-state index in [9.17, 15) is 9.59 Å². The molecule has 2 aliphatic rings. The largest absolute Gasteiger partial charge is 0.451 e. The smallest absolute Gasteiger partial charge is 0.241 e. The van der Waals surface area contributed by atoms with Crippen molar-refractivity contribution < 1.29 is 23.5 Å². The second-order valence-corrected chi connectivity index (χ2v) is 7.51. The number of carbonyl (C=O) groups is 2. The lowest BCUT2D eigenvalue weighted by atomic mass is 9.95. The Morgan fingerprint density at radius 2 is 1.82 bits per heavy atom. The van der Waals surface area contributed by atoms with Gasteiger partial charge in [-0.15, -0.1) is 0 Å². The van der Waals surface area contributed by atoms with Gasteiger partial charge >= 0.3 is 0 Å². The Morgan fingerprint density at radius 3 is 2.50 bits per heavy atom. The molecule has 1 aromatic carbocycles. The maximum Gasteiger partial charge on any atom is 0.241 e. The molecule has 2 saturated heterocycles. The van der Waals surface area contributed by atoms with Gasteiger partial charge in [0.1, 0.15) is 5.58 Å². The van der Waals surface area contributed by atoms with Gasteiger partial charge in [0.05, 0.1) is 24.9 Å². The first kappa shape index (κ1) is 19.1. The van der Waals surface area contributed by atoms with Gasteiger partial charge in [-0.3, -0.25) is 14.5 Å². The highest BCUT2D eigenvalue weighted by atomic mass is 16.7. The molecule has 7 heteroatoms. The number of amides is 1. The summed E-state index contributed by atoms with van der Waals surface area (Å²) in [6.45, 7) is 6.30. The molecule has 2 aliphatic heterocycles. The number of likely N-dealkylation sites (tertiary alicyclic amines) is 1. The molecule has 3 heterocycles. The molecule has 4 rings (SSSR count). The summed E-state index contributed by atoms with van der Waals surface area (Å²) in [5, 5.41) is 3.67. The highest BCUT2D eigenvalue weighted by Crippen LogP contribution is 2.32. The molecule has 150 valence electrons. The molecule has 1 atom stereocenters. The lowest BCUT2D eigenvalue weighted by Gasteiger charge is -2.36. The second kappa shape index (κ2) is 8.03. The average Bonchev–Trinajstić information content (AvgIpc) is 3.36. The zero-order chi connectivity index (χ0) is 19.7. The zero-order valence-electron chi connectivity index (χ0n) is 16.3. The molecule has 1 unspecified atom stereocenters. The normalized spacial score (nSPS) is 20.5. The molecular formula is C21H26N2O5. The minimum atomic E-state index is -0.306. The topological polar surface area (TPSA) is 81.0 Å². The summed E-state index contributed by atoms with van der Waals surface area (Å²) in [5.41, 5.74) is 1.05. The van der Waals surface area contributed by atoms with Crippen LogP contribution in [0.1, 0.15) is 37.2 Å². The Morgan fingerprint density at radius 1 is 1.14 bits per heavy atom. The molecule has 2 fully saturated rings. The molecule has 7 nitrogen and oxygen atoms in total. The third-order valence-electron chi connectivity index (χ3n) is 5.70. The number of fused-ring (bicyclic) bond motifs is 1. The van der Waals surface area contributed by atoms with E-state index >= 15 is 0 Å². The van der Waals surface area contributed by atoms with Crippen LogP contribution in [0.15, 0.2) is 28.7 Å². The number of benzene rings is 1. The van der Waals surface area contributed by atoms with E-state index in [1.807, 2.05) is 25.1 Å². The molecule has 1 aromatic heterocycles. The summed E-state index contributed by atoms with van der Waals surface area (Å²) in [6.07, 6.45) is 1.78. The first-order chi connectivity index (χ1) is 13.5. The molecule has 0 saturated carbocycles. The fraction of sp³-hybridized carbons (Fsp3) is 0.524. The summed E-state index contributed by atoms with van der Waals surface area (Å²) >= 11 is 0. The van der Waals surface area contributed by atoms with E-state index in [0.717, 1.165) is 31.3 Å². The number of nitrogens with zero attached hydrogens (tertiary/aromatic N) is 1. The Labute approximate surface area is 163 Å². The van der Waals surface area contributed by atoms with Gasteiger partial charge in [-0.25, -0.2) is 0 Å². The first-order valence-electron chi connectivity index (χ1n) is 9.85. The standard InChI is InChI=1S/C21H26N2O5/c1-13(23-9-7-15(8-10-23)21-26-11-12-27-21)20(25)22-18-16-5-3-4-6-17(16)28-19(18)14(2)24/h3-6,13,15,21H,7-12H2,1-2H3,(H,22,25). The van der Waals surface area contributed by atoms with Crippen LogP contribution in [-0.2, 0) is 14.3 Å². The number of carbonyl (C=O) groups excluding carboxylic acids is 2. The maximum absolute atomic E-state index is 12.9. The second-order valence-electron chi connectivity index (χ2n) is 7.51. The lowest BCUT2D eigenvalue weighted by molar-refractivity contribution is -0.123. The fourth-order valence-electron chi connectivity index (χ4n) is 4.04. The van der Waals surface area contributed by atoms with Crippen LogP contribution in [0, 0.1) is 5.92 Å². The van der Waals surface area contributed by atoms with E-state index in [2.05, 4.69) is 10.2 Å². The van der Waals surface area contributed by atoms with Crippen molar-refractivity contribution in [3.05, 3.63) is 30.0 Å². The van der Waals surface area contributed by atoms with Crippen molar-refractivity contribution in [1.82, 2.24) is 4.90 Å². The number of hydrogen-bond acceptors (Lipinski definition) is 6. The number of para-hydroxylation sites is 1.